The van der Waals surface area contributed by atoms with E-state index in [0.717, 1.165) is 5.39 Å². The molecule has 0 saturated heterocycles. The number of benzene rings is 1. The Morgan fingerprint density at radius 3 is 2.91 bits per heavy atom. The number of nitrogens with zero attached hydrogens (tertiary/aromatic N) is 1. The lowest BCUT2D eigenvalue weighted by Gasteiger charge is -2.11. The van der Waals surface area contributed by atoms with E-state index in [1.165, 1.54) is 6.20 Å². The minimum Gasteiger partial charge on any atom is -0.493 e. The van der Waals surface area contributed by atoms with Gasteiger partial charge in [0, 0.05) is 17.8 Å². The van der Waals surface area contributed by atoms with E-state index in [1.54, 1.807) is 25.4 Å². The number of rotatable bonds is 4. The van der Waals surface area contributed by atoms with Crippen LogP contribution in [-0.2, 0) is 0 Å². The maximum Gasteiger partial charge on any atom is 0.253 e. The van der Waals surface area contributed by atoms with Crippen LogP contribution in [0.25, 0.3) is 11.0 Å². The number of nitrogens with one attached hydrogen (secondary N) is 1. The van der Waals surface area contributed by atoms with Gasteiger partial charge in [0.15, 0.2) is 11.3 Å². The Labute approximate surface area is 127 Å². The van der Waals surface area contributed by atoms with Crippen LogP contribution in [0.1, 0.15) is 29.1 Å². The number of amides is 1. The zero-order valence-electron chi connectivity index (χ0n) is 12.4. The van der Waals surface area contributed by atoms with Gasteiger partial charge in [-0.15, -0.1) is 0 Å². The molecule has 5 heteroatoms. The molecule has 0 saturated carbocycles. The average molecular weight is 296 g/mol. The van der Waals surface area contributed by atoms with Crippen LogP contribution in [-0.4, -0.2) is 18.0 Å². The van der Waals surface area contributed by atoms with Crippen molar-refractivity contribution in [1.29, 1.82) is 0 Å². The van der Waals surface area contributed by atoms with E-state index < -0.39 is 0 Å². The molecule has 22 heavy (non-hydrogen) atoms. The number of carbonyl (C=O) groups excluding carboxylic acids is 1. The first-order chi connectivity index (χ1) is 10.7. The fraction of sp³-hybridized carbons (Fsp3) is 0.176. The van der Waals surface area contributed by atoms with Gasteiger partial charge in [-0.25, -0.2) is 0 Å². The molecule has 0 fully saturated rings. The summed E-state index contributed by atoms with van der Waals surface area (Å²) in [7, 11) is 1.60. The Morgan fingerprint density at radius 1 is 1.32 bits per heavy atom. The highest BCUT2D eigenvalue weighted by molar-refractivity contribution is 5.94. The van der Waals surface area contributed by atoms with E-state index in [2.05, 4.69) is 10.3 Å². The Bertz CT molecular complexity index is 796. The third kappa shape index (κ3) is 2.65. The van der Waals surface area contributed by atoms with Crippen molar-refractivity contribution in [3.63, 3.8) is 0 Å². The highest BCUT2D eigenvalue weighted by atomic mass is 16.5. The van der Waals surface area contributed by atoms with Gasteiger partial charge in [0.2, 0.25) is 0 Å². The molecule has 1 aromatic carbocycles. The van der Waals surface area contributed by atoms with Crippen LogP contribution in [0.2, 0.25) is 0 Å². The summed E-state index contributed by atoms with van der Waals surface area (Å²) in [5.41, 5.74) is 1.20. The van der Waals surface area contributed by atoms with Crippen molar-refractivity contribution in [1.82, 2.24) is 10.3 Å². The molecule has 0 aliphatic rings. The van der Waals surface area contributed by atoms with E-state index in [-0.39, 0.29) is 11.9 Å². The maximum atomic E-state index is 12.1. The molecule has 0 radical (unpaired) electrons. The van der Waals surface area contributed by atoms with Crippen LogP contribution in [0.5, 0.6) is 5.75 Å². The smallest absolute Gasteiger partial charge is 0.253 e. The normalized spacial score (nSPS) is 12.1. The van der Waals surface area contributed by atoms with Gasteiger partial charge in [-0.3, -0.25) is 9.78 Å². The molecule has 0 unspecified atom stereocenters. The second kappa shape index (κ2) is 5.89. The van der Waals surface area contributed by atoms with Crippen molar-refractivity contribution in [3.05, 3.63) is 60.1 Å². The summed E-state index contributed by atoms with van der Waals surface area (Å²) >= 11 is 0. The summed E-state index contributed by atoms with van der Waals surface area (Å²) < 4.78 is 11.1. The van der Waals surface area contributed by atoms with Crippen molar-refractivity contribution in [2.45, 2.75) is 13.0 Å². The predicted molar refractivity (Wildman–Crippen MR) is 82.9 cm³/mol. The number of ether oxygens (including phenoxy) is 1. The lowest BCUT2D eigenvalue weighted by atomic mass is 10.2. The third-order valence-corrected chi connectivity index (χ3v) is 3.45. The SMILES string of the molecule is COc1cccc2cc([C@@H](C)NC(=O)c3cccnc3)oc12. The highest BCUT2D eigenvalue weighted by Crippen LogP contribution is 2.30. The van der Waals surface area contributed by atoms with Gasteiger partial charge in [0.1, 0.15) is 5.76 Å². The molecule has 5 nitrogen and oxygen atoms in total. The molecule has 0 spiro atoms. The zero-order chi connectivity index (χ0) is 15.5. The maximum absolute atomic E-state index is 12.1. The molecular weight excluding hydrogens is 280 g/mol. The standard InChI is InChI=1S/C17H16N2O3/c1-11(19-17(20)13-6-4-8-18-10-13)15-9-12-5-3-7-14(21-2)16(12)22-15/h3-11H,1-2H3,(H,19,20)/t11-/m1/s1. The number of hydrogen-bond donors (Lipinski definition) is 1. The van der Waals surface area contributed by atoms with Crippen molar-refractivity contribution in [2.75, 3.05) is 7.11 Å². The van der Waals surface area contributed by atoms with E-state index in [0.29, 0.717) is 22.7 Å². The lowest BCUT2D eigenvalue weighted by molar-refractivity contribution is 0.0935. The Morgan fingerprint density at radius 2 is 2.18 bits per heavy atom. The largest absolute Gasteiger partial charge is 0.493 e. The molecule has 1 N–H and O–H groups in total. The van der Waals surface area contributed by atoms with E-state index in [9.17, 15) is 4.79 Å². The predicted octanol–water partition coefficient (Wildman–Crippen LogP) is 3.33. The van der Waals surface area contributed by atoms with Crippen molar-refractivity contribution >= 4 is 16.9 Å². The number of para-hydroxylation sites is 1. The fourth-order valence-corrected chi connectivity index (χ4v) is 2.28. The van der Waals surface area contributed by atoms with Gasteiger partial charge in [-0.05, 0) is 31.2 Å². The first-order valence-corrected chi connectivity index (χ1v) is 6.96. The van der Waals surface area contributed by atoms with Crippen molar-refractivity contribution < 1.29 is 13.9 Å². The number of carbonyl (C=O) groups is 1. The van der Waals surface area contributed by atoms with E-state index in [1.807, 2.05) is 31.2 Å². The molecule has 3 rings (SSSR count). The minimum absolute atomic E-state index is 0.187. The highest BCUT2D eigenvalue weighted by Gasteiger charge is 2.16. The molecule has 0 aliphatic carbocycles. The molecule has 0 aliphatic heterocycles. The topological polar surface area (TPSA) is 64.4 Å². The molecule has 3 aromatic rings. The Kier molecular flexibility index (Phi) is 3.78. The number of hydrogen-bond acceptors (Lipinski definition) is 4. The first-order valence-electron chi connectivity index (χ1n) is 6.96. The molecule has 2 aromatic heterocycles. The number of fused-ring (bicyclic) bond motifs is 1. The van der Waals surface area contributed by atoms with Gasteiger partial charge in [-0.1, -0.05) is 12.1 Å². The summed E-state index contributed by atoms with van der Waals surface area (Å²) in [6.07, 6.45) is 3.16. The molecule has 1 atom stereocenters. The molecule has 0 bridgehead atoms. The quantitative estimate of drug-likeness (QED) is 0.802. The van der Waals surface area contributed by atoms with Crippen LogP contribution in [0.3, 0.4) is 0 Å². The van der Waals surface area contributed by atoms with Crippen molar-refractivity contribution in [2.24, 2.45) is 0 Å². The van der Waals surface area contributed by atoms with Crippen LogP contribution in [0, 0.1) is 0 Å². The number of pyridine rings is 1. The summed E-state index contributed by atoms with van der Waals surface area (Å²) in [4.78, 5) is 16.1. The Hall–Kier alpha value is -2.82. The second-order valence-corrected chi connectivity index (χ2v) is 4.96. The molecule has 112 valence electrons. The van der Waals surface area contributed by atoms with Gasteiger partial charge >= 0.3 is 0 Å². The summed E-state index contributed by atoms with van der Waals surface area (Å²) in [6.45, 7) is 1.87. The van der Waals surface area contributed by atoms with Crippen LogP contribution in [0.15, 0.2) is 53.2 Å². The van der Waals surface area contributed by atoms with Crippen LogP contribution in [0.4, 0.5) is 0 Å². The summed E-state index contributed by atoms with van der Waals surface area (Å²) in [5, 5.41) is 3.84. The number of furan rings is 1. The second-order valence-electron chi connectivity index (χ2n) is 4.96. The monoisotopic (exact) mass is 296 g/mol. The van der Waals surface area contributed by atoms with Crippen LogP contribution >= 0.6 is 0 Å². The number of methoxy groups -OCH3 is 1. The van der Waals surface area contributed by atoms with E-state index >= 15 is 0 Å². The Balaban J connectivity index is 1.83. The molecule has 2 heterocycles. The fourth-order valence-electron chi connectivity index (χ4n) is 2.28. The summed E-state index contributed by atoms with van der Waals surface area (Å²) in [5.74, 6) is 1.17. The van der Waals surface area contributed by atoms with Gasteiger partial charge in [0.05, 0.1) is 18.7 Å². The number of aromatic nitrogens is 1. The lowest BCUT2D eigenvalue weighted by Crippen LogP contribution is -2.26. The van der Waals surface area contributed by atoms with E-state index in [4.69, 9.17) is 9.15 Å². The van der Waals surface area contributed by atoms with Crippen LogP contribution < -0.4 is 10.1 Å². The third-order valence-electron chi connectivity index (χ3n) is 3.45. The van der Waals surface area contributed by atoms with Crippen molar-refractivity contribution in [3.8, 4) is 5.75 Å². The van der Waals surface area contributed by atoms with Gasteiger partial charge < -0.3 is 14.5 Å². The van der Waals surface area contributed by atoms with Gasteiger partial charge in [0.25, 0.3) is 5.91 Å². The first kappa shape index (κ1) is 14.1. The van der Waals surface area contributed by atoms with Gasteiger partial charge in [-0.2, -0.15) is 0 Å². The zero-order valence-corrected chi connectivity index (χ0v) is 12.4. The minimum atomic E-state index is -0.259. The molecule has 1 amide bonds. The molecular formula is C17H16N2O3. The average Bonchev–Trinajstić information content (AvgIpc) is 2.99. The summed E-state index contributed by atoms with van der Waals surface area (Å²) in [6, 6.07) is 10.8.